The van der Waals surface area contributed by atoms with Crippen molar-refractivity contribution in [3.63, 3.8) is 0 Å². The number of rotatable bonds is 6. The minimum Gasteiger partial charge on any atom is -0.481 e. The Labute approximate surface area is 127 Å². The summed E-state index contributed by atoms with van der Waals surface area (Å²) in [5.74, 6) is -0.882. The molecule has 1 rings (SSSR count). The molecule has 1 fully saturated rings. The molecular formula is C16H30N2O3. The zero-order valence-corrected chi connectivity index (χ0v) is 13.8. The number of carbonyl (C=O) groups is 2. The van der Waals surface area contributed by atoms with Crippen LogP contribution in [0.5, 0.6) is 0 Å². The molecule has 1 saturated carbocycles. The smallest absolute Gasteiger partial charge is 0.315 e. The molecular weight excluding hydrogens is 268 g/mol. The highest BCUT2D eigenvalue weighted by molar-refractivity contribution is 5.75. The van der Waals surface area contributed by atoms with Gasteiger partial charge in [0, 0.05) is 12.6 Å². The molecule has 0 spiro atoms. The van der Waals surface area contributed by atoms with Crippen LogP contribution in [0.4, 0.5) is 4.79 Å². The van der Waals surface area contributed by atoms with E-state index in [2.05, 4.69) is 17.6 Å². The van der Waals surface area contributed by atoms with Crippen molar-refractivity contribution in [3.05, 3.63) is 0 Å². The van der Waals surface area contributed by atoms with Gasteiger partial charge in [0.2, 0.25) is 0 Å². The fourth-order valence-electron chi connectivity index (χ4n) is 3.06. The minimum atomic E-state index is -0.882. The van der Waals surface area contributed by atoms with Crippen LogP contribution >= 0.6 is 0 Å². The highest BCUT2D eigenvalue weighted by Gasteiger charge is 2.29. The lowest BCUT2D eigenvalue weighted by atomic mass is 9.87. The molecule has 5 heteroatoms. The first-order valence-electron chi connectivity index (χ1n) is 7.86. The fourth-order valence-corrected chi connectivity index (χ4v) is 3.06. The van der Waals surface area contributed by atoms with E-state index in [1.54, 1.807) is 0 Å². The molecule has 5 nitrogen and oxygen atoms in total. The van der Waals surface area contributed by atoms with Gasteiger partial charge in [0.1, 0.15) is 0 Å². The van der Waals surface area contributed by atoms with E-state index in [4.69, 9.17) is 5.11 Å². The molecule has 0 saturated heterocycles. The van der Waals surface area contributed by atoms with Gasteiger partial charge in [-0.15, -0.1) is 0 Å². The van der Waals surface area contributed by atoms with Crippen LogP contribution in [0.25, 0.3) is 0 Å². The lowest BCUT2D eigenvalue weighted by Gasteiger charge is -2.27. The third-order valence-electron chi connectivity index (χ3n) is 4.10. The quantitative estimate of drug-likeness (QED) is 0.705. The molecule has 1 aliphatic rings. The Morgan fingerprint density at radius 2 is 1.81 bits per heavy atom. The van der Waals surface area contributed by atoms with Gasteiger partial charge in [-0.25, -0.2) is 4.79 Å². The Hall–Kier alpha value is -1.26. The van der Waals surface area contributed by atoms with Crippen LogP contribution in [-0.2, 0) is 4.79 Å². The summed E-state index contributed by atoms with van der Waals surface area (Å²) in [4.78, 5) is 22.9. The van der Waals surface area contributed by atoms with Gasteiger partial charge in [-0.1, -0.05) is 40.5 Å². The standard InChI is InChI=1S/C16H30N2O3/c1-15(2,3)10-12(9-13(19)20)18-14(21)17-11-16(4)7-5-6-8-16/h12H,5-11H2,1-4H3,(H,19,20)(H2,17,18,21). The second kappa shape index (κ2) is 7.14. The molecule has 0 aromatic heterocycles. The third-order valence-corrected chi connectivity index (χ3v) is 4.10. The summed E-state index contributed by atoms with van der Waals surface area (Å²) in [5.41, 5.74) is 0.175. The summed E-state index contributed by atoms with van der Waals surface area (Å²) in [5, 5.41) is 14.7. The van der Waals surface area contributed by atoms with E-state index in [1.807, 2.05) is 20.8 Å². The van der Waals surface area contributed by atoms with Crippen LogP contribution in [0.15, 0.2) is 0 Å². The van der Waals surface area contributed by atoms with E-state index in [1.165, 1.54) is 12.8 Å². The van der Waals surface area contributed by atoms with Crippen molar-refractivity contribution < 1.29 is 14.7 Å². The zero-order chi connectivity index (χ0) is 16.1. The molecule has 0 radical (unpaired) electrons. The van der Waals surface area contributed by atoms with Crippen LogP contribution in [-0.4, -0.2) is 29.7 Å². The first-order valence-corrected chi connectivity index (χ1v) is 7.86. The largest absolute Gasteiger partial charge is 0.481 e. The maximum atomic E-state index is 12.0. The number of amides is 2. The molecule has 0 aromatic rings. The van der Waals surface area contributed by atoms with E-state index in [0.29, 0.717) is 13.0 Å². The SMILES string of the molecule is CC(C)(C)CC(CC(=O)O)NC(=O)NCC1(C)CCCC1. The lowest BCUT2D eigenvalue weighted by Crippen LogP contribution is -2.46. The van der Waals surface area contributed by atoms with Crippen LogP contribution in [0.1, 0.15) is 66.2 Å². The summed E-state index contributed by atoms with van der Waals surface area (Å²) in [6.07, 6.45) is 5.35. The summed E-state index contributed by atoms with van der Waals surface area (Å²) in [7, 11) is 0. The average molecular weight is 298 g/mol. The highest BCUT2D eigenvalue weighted by Crippen LogP contribution is 2.36. The molecule has 0 bridgehead atoms. The monoisotopic (exact) mass is 298 g/mol. The molecule has 1 unspecified atom stereocenters. The molecule has 0 heterocycles. The van der Waals surface area contributed by atoms with Crippen LogP contribution in [0.2, 0.25) is 0 Å². The number of hydrogen-bond donors (Lipinski definition) is 3. The number of nitrogens with one attached hydrogen (secondary N) is 2. The van der Waals surface area contributed by atoms with Crippen molar-refractivity contribution in [1.82, 2.24) is 10.6 Å². The normalized spacial score (nSPS) is 19.0. The number of aliphatic carboxylic acids is 1. The van der Waals surface area contributed by atoms with Crippen molar-refractivity contribution in [2.45, 2.75) is 72.3 Å². The summed E-state index contributed by atoms with van der Waals surface area (Å²) in [6.45, 7) is 8.99. The van der Waals surface area contributed by atoms with E-state index < -0.39 is 5.97 Å². The van der Waals surface area contributed by atoms with Gasteiger partial charge in [0.05, 0.1) is 6.42 Å². The molecule has 0 aromatic carbocycles. The number of carboxylic acids is 1. The van der Waals surface area contributed by atoms with Gasteiger partial charge < -0.3 is 15.7 Å². The molecule has 3 N–H and O–H groups in total. The van der Waals surface area contributed by atoms with Gasteiger partial charge >= 0.3 is 12.0 Å². The second-order valence-corrected chi connectivity index (χ2v) is 7.90. The summed E-state index contributed by atoms with van der Waals surface area (Å²) >= 11 is 0. The van der Waals surface area contributed by atoms with Gasteiger partial charge in [0.15, 0.2) is 0 Å². The first-order chi connectivity index (χ1) is 9.60. The first kappa shape index (κ1) is 17.8. The Morgan fingerprint density at radius 1 is 1.24 bits per heavy atom. The maximum Gasteiger partial charge on any atom is 0.315 e. The lowest BCUT2D eigenvalue weighted by molar-refractivity contribution is -0.137. The van der Waals surface area contributed by atoms with E-state index >= 15 is 0 Å². The highest BCUT2D eigenvalue weighted by atomic mass is 16.4. The number of carbonyl (C=O) groups excluding carboxylic acids is 1. The van der Waals surface area contributed by atoms with Crippen molar-refractivity contribution in [2.24, 2.45) is 10.8 Å². The molecule has 1 aliphatic carbocycles. The van der Waals surface area contributed by atoms with Crippen molar-refractivity contribution in [2.75, 3.05) is 6.54 Å². The summed E-state index contributed by atoms with van der Waals surface area (Å²) < 4.78 is 0. The van der Waals surface area contributed by atoms with Crippen LogP contribution in [0, 0.1) is 10.8 Å². The Kier molecular flexibility index (Phi) is 6.05. The number of hydrogen-bond acceptors (Lipinski definition) is 2. The summed E-state index contributed by atoms with van der Waals surface area (Å²) in [6, 6.07) is -0.586. The predicted octanol–water partition coefficient (Wildman–Crippen LogP) is 3.15. The van der Waals surface area contributed by atoms with Crippen molar-refractivity contribution in [3.8, 4) is 0 Å². The molecule has 2 amide bonds. The second-order valence-electron chi connectivity index (χ2n) is 7.90. The van der Waals surface area contributed by atoms with Crippen LogP contribution < -0.4 is 10.6 Å². The number of carboxylic acid groups (broad SMARTS) is 1. The van der Waals surface area contributed by atoms with E-state index in [-0.39, 0.29) is 29.3 Å². The molecule has 21 heavy (non-hydrogen) atoms. The van der Waals surface area contributed by atoms with Crippen molar-refractivity contribution >= 4 is 12.0 Å². The average Bonchev–Trinajstić information content (AvgIpc) is 2.71. The van der Waals surface area contributed by atoms with E-state index in [9.17, 15) is 9.59 Å². The Bertz CT molecular complexity index is 368. The van der Waals surface area contributed by atoms with Crippen LogP contribution in [0.3, 0.4) is 0 Å². The number of urea groups is 1. The molecule has 0 aliphatic heterocycles. The van der Waals surface area contributed by atoms with Gasteiger partial charge in [-0.3, -0.25) is 4.79 Å². The van der Waals surface area contributed by atoms with Crippen molar-refractivity contribution in [1.29, 1.82) is 0 Å². The van der Waals surface area contributed by atoms with Gasteiger partial charge in [-0.05, 0) is 30.1 Å². The molecule has 1 atom stereocenters. The van der Waals surface area contributed by atoms with Gasteiger partial charge in [0.25, 0.3) is 0 Å². The minimum absolute atomic E-state index is 0.0230. The predicted molar refractivity (Wildman–Crippen MR) is 83.2 cm³/mol. The zero-order valence-electron chi connectivity index (χ0n) is 13.8. The van der Waals surface area contributed by atoms with Gasteiger partial charge in [-0.2, -0.15) is 0 Å². The molecule has 122 valence electrons. The fraction of sp³-hybridized carbons (Fsp3) is 0.875. The topological polar surface area (TPSA) is 78.4 Å². The maximum absolute atomic E-state index is 12.0. The Morgan fingerprint density at radius 3 is 2.29 bits per heavy atom. The van der Waals surface area contributed by atoms with E-state index in [0.717, 1.165) is 12.8 Å². The Balaban J connectivity index is 2.45. The third kappa shape index (κ3) is 7.34.